The van der Waals surface area contributed by atoms with Crippen molar-refractivity contribution in [1.29, 1.82) is 0 Å². The molecule has 0 aliphatic rings. The molecular formula is C19H23ClO. The molecule has 2 rings (SSSR count). The zero-order chi connectivity index (χ0) is 15.1. The SMILES string of the molecule is CC[C@@H](c1cccc(OCc2ccccc2)c1)[C@@H](C)CCl. The van der Waals surface area contributed by atoms with Gasteiger partial charge in [-0.05, 0) is 41.5 Å². The molecule has 2 aromatic carbocycles. The number of rotatable bonds is 7. The number of ether oxygens (including phenoxy) is 1. The smallest absolute Gasteiger partial charge is 0.120 e. The van der Waals surface area contributed by atoms with Crippen LogP contribution in [0, 0.1) is 5.92 Å². The Hall–Kier alpha value is -1.47. The highest BCUT2D eigenvalue weighted by atomic mass is 35.5. The largest absolute Gasteiger partial charge is 0.489 e. The van der Waals surface area contributed by atoms with Crippen LogP contribution >= 0.6 is 11.6 Å². The topological polar surface area (TPSA) is 9.23 Å². The van der Waals surface area contributed by atoms with Gasteiger partial charge >= 0.3 is 0 Å². The maximum Gasteiger partial charge on any atom is 0.120 e. The van der Waals surface area contributed by atoms with Crippen molar-refractivity contribution in [3.63, 3.8) is 0 Å². The molecule has 0 spiro atoms. The molecule has 0 N–H and O–H groups in total. The van der Waals surface area contributed by atoms with E-state index in [9.17, 15) is 0 Å². The van der Waals surface area contributed by atoms with Crippen LogP contribution in [0.3, 0.4) is 0 Å². The molecule has 0 bridgehead atoms. The second-order valence-corrected chi connectivity index (χ2v) is 5.80. The van der Waals surface area contributed by atoms with Gasteiger partial charge in [-0.15, -0.1) is 11.6 Å². The van der Waals surface area contributed by atoms with Crippen LogP contribution in [0.5, 0.6) is 5.75 Å². The Morgan fingerprint density at radius 1 is 1.05 bits per heavy atom. The Morgan fingerprint density at radius 2 is 1.81 bits per heavy atom. The van der Waals surface area contributed by atoms with Crippen LogP contribution in [0.25, 0.3) is 0 Å². The molecule has 2 atom stereocenters. The van der Waals surface area contributed by atoms with Crippen LogP contribution < -0.4 is 4.74 Å². The number of halogens is 1. The lowest BCUT2D eigenvalue weighted by Gasteiger charge is -2.21. The van der Waals surface area contributed by atoms with E-state index in [4.69, 9.17) is 16.3 Å². The van der Waals surface area contributed by atoms with Gasteiger partial charge in [0.05, 0.1) is 0 Å². The summed E-state index contributed by atoms with van der Waals surface area (Å²) in [5, 5.41) is 0. The van der Waals surface area contributed by atoms with Crippen LogP contribution in [-0.4, -0.2) is 5.88 Å². The fourth-order valence-corrected chi connectivity index (χ4v) is 2.87. The summed E-state index contributed by atoms with van der Waals surface area (Å²) in [6.07, 6.45) is 1.09. The summed E-state index contributed by atoms with van der Waals surface area (Å²) in [7, 11) is 0. The van der Waals surface area contributed by atoms with E-state index in [0.717, 1.165) is 12.2 Å². The van der Waals surface area contributed by atoms with Gasteiger partial charge in [0.25, 0.3) is 0 Å². The minimum atomic E-state index is 0.473. The summed E-state index contributed by atoms with van der Waals surface area (Å²) in [5.74, 6) is 2.58. The van der Waals surface area contributed by atoms with Gasteiger partial charge in [0.1, 0.15) is 12.4 Å². The van der Waals surface area contributed by atoms with Crippen LogP contribution in [-0.2, 0) is 6.61 Å². The van der Waals surface area contributed by atoms with E-state index in [-0.39, 0.29) is 0 Å². The summed E-state index contributed by atoms with van der Waals surface area (Å²) in [4.78, 5) is 0. The molecular weight excluding hydrogens is 280 g/mol. The first-order valence-electron chi connectivity index (χ1n) is 7.57. The van der Waals surface area contributed by atoms with Crippen molar-refractivity contribution in [1.82, 2.24) is 0 Å². The average Bonchev–Trinajstić information content (AvgIpc) is 2.55. The highest BCUT2D eigenvalue weighted by Gasteiger charge is 2.17. The molecule has 0 saturated carbocycles. The third-order valence-corrected chi connectivity index (χ3v) is 4.39. The van der Waals surface area contributed by atoms with Crippen LogP contribution in [0.1, 0.15) is 37.3 Å². The molecule has 0 unspecified atom stereocenters. The lowest BCUT2D eigenvalue weighted by Crippen LogP contribution is -2.10. The van der Waals surface area contributed by atoms with Crippen molar-refractivity contribution in [2.75, 3.05) is 5.88 Å². The average molecular weight is 303 g/mol. The first-order valence-corrected chi connectivity index (χ1v) is 8.10. The van der Waals surface area contributed by atoms with Crippen LogP contribution in [0.15, 0.2) is 54.6 Å². The summed E-state index contributed by atoms with van der Waals surface area (Å²) < 4.78 is 5.91. The lowest BCUT2D eigenvalue weighted by molar-refractivity contribution is 0.305. The Bertz CT molecular complexity index is 538. The number of alkyl halides is 1. The van der Waals surface area contributed by atoms with Gasteiger partial charge in [-0.2, -0.15) is 0 Å². The Balaban J connectivity index is 2.06. The molecule has 2 aromatic rings. The molecule has 2 heteroatoms. The number of hydrogen-bond acceptors (Lipinski definition) is 1. The minimum Gasteiger partial charge on any atom is -0.489 e. The molecule has 0 heterocycles. The van der Waals surface area contributed by atoms with E-state index >= 15 is 0 Å². The van der Waals surface area contributed by atoms with Crippen LogP contribution in [0.4, 0.5) is 0 Å². The number of hydrogen-bond donors (Lipinski definition) is 0. The van der Waals surface area contributed by atoms with Crippen molar-refractivity contribution >= 4 is 11.6 Å². The maximum absolute atomic E-state index is 6.03. The second-order valence-electron chi connectivity index (χ2n) is 5.49. The summed E-state index contributed by atoms with van der Waals surface area (Å²) >= 11 is 6.03. The Morgan fingerprint density at radius 3 is 2.48 bits per heavy atom. The molecule has 0 aromatic heterocycles. The van der Waals surface area contributed by atoms with E-state index in [2.05, 4.69) is 44.2 Å². The molecule has 0 aliphatic heterocycles. The molecule has 1 nitrogen and oxygen atoms in total. The Kier molecular flexibility index (Phi) is 6.13. The van der Waals surface area contributed by atoms with E-state index in [1.165, 1.54) is 11.1 Å². The monoisotopic (exact) mass is 302 g/mol. The van der Waals surface area contributed by atoms with Gasteiger partial charge in [0.15, 0.2) is 0 Å². The molecule has 0 radical (unpaired) electrons. The fourth-order valence-electron chi connectivity index (χ4n) is 2.65. The molecule has 21 heavy (non-hydrogen) atoms. The van der Waals surface area contributed by atoms with Crippen molar-refractivity contribution in [3.8, 4) is 5.75 Å². The maximum atomic E-state index is 6.03. The summed E-state index contributed by atoms with van der Waals surface area (Å²) in [6, 6.07) is 18.7. The van der Waals surface area contributed by atoms with E-state index in [1.54, 1.807) is 0 Å². The van der Waals surface area contributed by atoms with E-state index < -0.39 is 0 Å². The lowest BCUT2D eigenvalue weighted by atomic mass is 9.86. The first-order chi connectivity index (χ1) is 10.2. The van der Waals surface area contributed by atoms with Gasteiger partial charge < -0.3 is 4.74 Å². The predicted molar refractivity (Wildman–Crippen MR) is 90.1 cm³/mol. The zero-order valence-electron chi connectivity index (χ0n) is 12.8. The quantitative estimate of drug-likeness (QED) is 0.602. The molecule has 112 valence electrons. The third-order valence-electron chi connectivity index (χ3n) is 3.90. The van der Waals surface area contributed by atoms with Gasteiger partial charge in [-0.1, -0.05) is 56.3 Å². The standard InChI is InChI=1S/C19H23ClO/c1-3-19(15(2)13-20)17-10-7-11-18(12-17)21-14-16-8-5-4-6-9-16/h4-12,15,19H,3,13-14H2,1-2H3/t15-,19+/m0/s1. The van der Waals surface area contributed by atoms with Crippen molar-refractivity contribution in [2.24, 2.45) is 5.92 Å². The number of benzene rings is 2. The highest BCUT2D eigenvalue weighted by Crippen LogP contribution is 2.31. The van der Waals surface area contributed by atoms with Crippen molar-refractivity contribution in [2.45, 2.75) is 32.8 Å². The molecule has 0 fully saturated rings. The first kappa shape index (κ1) is 15.9. The van der Waals surface area contributed by atoms with Crippen molar-refractivity contribution in [3.05, 3.63) is 65.7 Å². The summed E-state index contributed by atoms with van der Waals surface area (Å²) in [6.45, 7) is 5.02. The predicted octanol–water partition coefficient (Wildman–Crippen LogP) is 5.63. The van der Waals surface area contributed by atoms with E-state index in [1.807, 2.05) is 24.3 Å². The van der Waals surface area contributed by atoms with E-state index in [0.29, 0.717) is 24.3 Å². The minimum absolute atomic E-state index is 0.473. The van der Waals surface area contributed by atoms with Gasteiger partial charge in [0.2, 0.25) is 0 Å². The third kappa shape index (κ3) is 4.50. The molecule has 0 aliphatic carbocycles. The zero-order valence-corrected chi connectivity index (χ0v) is 13.5. The highest BCUT2D eigenvalue weighted by molar-refractivity contribution is 6.18. The normalized spacial score (nSPS) is 13.7. The molecule has 0 saturated heterocycles. The van der Waals surface area contributed by atoms with Gasteiger partial charge in [0, 0.05) is 5.88 Å². The fraction of sp³-hybridized carbons (Fsp3) is 0.368. The van der Waals surface area contributed by atoms with Crippen molar-refractivity contribution < 1.29 is 4.74 Å². The molecule has 0 amide bonds. The van der Waals surface area contributed by atoms with Gasteiger partial charge in [-0.25, -0.2) is 0 Å². The second kappa shape index (κ2) is 8.09. The van der Waals surface area contributed by atoms with Gasteiger partial charge in [-0.3, -0.25) is 0 Å². The summed E-state index contributed by atoms with van der Waals surface area (Å²) in [5.41, 5.74) is 2.50. The van der Waals surface area contributed by atoms with Crippen LogP contribution in [0.2, 0.25) is 0 Å². The Labute approximate surface area is 132 Å².